The molecule has 138 valence electrons. The number of imidazole rings is 1. The quantitative estimate of drug-likeness (QED) is 0.733. The van der Waals surface area contributed by atoms with Crippen LogP contribution in [-0.2, 0) is 11.3 Å². The zero-order chi connectivity index (χ0) is 19.2. The molecular formula is C21H22N4O2. The molecule has 1 N–H and O–H groups in total. The maximum absolute atomic E-state index is 12.5. The van der Waals surface area contributed by atoms with Crippen LogP contribution < -0.4 is 5.32 Å². The normalized spacial score (nSPS) is 10.4. The summed E-state index contributed by atoms with van der Waals surface area (Å²) in [5.74, 6) is -0.422. The van der Waals surface area contributed by atoms with Gasteiger partial charge in [0.2, 0.25) is 5.91 Å². The fourth-order valence-corrected chi connectivity index (χ4v) is 2.69. The van der Waals surface area contributed by atoms with E-state index in [-0.39, 0.29) is 18.4 Å². The van der Waals surface area contributed by atoms with E-state index in [9.17, 15) is 9.59 Å². The molecule has 6 heteroatoms. The standard InChI is InChI=1S/C21H22N4O2/c1-16-3-9-19(10-4-16)23-20(26)14-24(2)21(27)18-7-5-17(6-8-18)13-25-12-11-22-15-25/h3-12,15H,13-14H2,1-2H3,(H,23,26). The van der Waals surface area contributed by atoms with Crippen molar-refractivity contribution < 1.29 is 9.59 Å². The molecular weight excluding hydrogens is 340 g/mol. The molecule has 0 bridgehead atoms. The highest BCUT2D eigenvalue weighted by atomic mass is 16.2. The van der Waals surface area contributed by atoms with E-state index in [4.69, 9.17) is 0 Å². The van der Waals surface area contributed by atoms with Crippen molar-refractivity contribution in [1.29, 1.82) is 0 Å². The minimum absolute atomic E-state index is 0.0104. The number of aromatic nitrogens is 2. The third-order valence-corrected chi connectivity index (χ3v) is 4.19. The molecule has 1 heterocycles. The fourth-order valence-electron chi connectivity index (χ4n) is 2.69. The summed E-state index contributed by atoms with van der Waals surface area (Å²) in [7, 11) is 1.62. The first-order chi connectivity index (χ1) is 13.0. The molecule has 2 amide bonds. The van der Waals surface area contributed by atoms with Gasteiger partial charge in [-0.05, 0) is 36.8 Å². The summed E-state index contributed by atoms with van der Waals surface area (Å²) in [6.45, 7) is 2.67. The second kappa shape index (κ2) is 8.31. The predicted molar refractivity (Wildman–Crippen MR) is 105 cm³/mol. The molecule has 0 aliphatic rings. The lowest BCUT2D eigenvalue weighted by atomic mass is 10.1. The molecule has 0 saturated carbocycles. The van der Waals surface area contributed by atoms with Crippen molar-refractivity contribution >= 4 is 17.5 Å². The van der Waals surface area contributed by atoms with E-state index in [0.29, 0.717) is 12.1 Å². The molecule has 0 aliphatic heterocycles. The molecule has 1 aromatic heterocycles. The first kappa shape index (κ1) is 18.4. The van der Waals surface area contributed by atoms with E-state index < -0.39 is 0 Å². The third-order valence-electron chi connectivity index (χ3n) is 4.19. The molecule has 0 fully saturated rings. The lowest BCUT2D eigenvalue weighted by Crippen LogP contribution is -2.34. The van der Waals surface area contributed by atoms with E-state index in [2.05, 4.69) is 10.3 Å². The third kappa shape index (κ3) is 5.04. The summed E-state index contributed by atoms with van der Waals surface area (Å²) < 4.78 is 1.96. The fraction of sp³-hybridized carbons (Fsp3) is 0.190. The molecule has 0 spiro atoms. The highest BCUT2D eigenvalue weighted by Crippen LogP contribution is 2.10. The first-order valence-corrected chi connectivity index (χ1v) is 8.68. The Morgan fingerprint density at radius 1 is 1.07 bits per heavy atom. The van der Waals surface area contributed by atoms with Crippen LogP contribution in [0.2, 0.25) is 0 Å². The largest absolute Gasteiger partial charge is 0.333 e. The van der Waals surface area contributed by atoms with Crippen LogP contribution in [-0.4, -0.2) is 39.9 Å². The molecule has 0 radical (unpaired) electrons. The molecule has 6 nitrogen and oxygen atoms in total. The van der Waals surface area contributed by atoms with Crippen LogP contribution in [0.5, 0.6) is 0 Å². The lowest BCUT2D eigenvalue weighted by molar-refractivity contribution is -0.116. The van der Waals surface area contributed by atoms with Crippen LogP contribution in [0.15, 0.2) is 67.3 Å². The Balaban J connectivity index is 1.56. The van der Waals surface area contributed by atoms with Gasteiger partial charge in [-0.3, -0.25) is 9.59 Å². The lowest BCUT2D eigenvalue weighted by Gasteiger charge is -2.17. The van der Waals surface area contributed by atoms with E-state index >= 15 is 0 Å². The van der Waals surface area contributed by atoms with Crippen molar-refractivity contribution in [1.82, 2.24) is 14.5 Å². The number of hydrogen-bond donors (Lipinski definition) is 1. The average molecular weight is 362 g/mol. The zero-order valence-electron chi connectivity index (χ0n) is 15.4. The molecule has 0 saturated heterocycles. The minimum Gasteiger partial charge on any atom is -0.333 e. The summed E-state index contributed by atoms with van der Waals surface area (Å²) in [6.07, 6.45) is 5.37. The summed E-state index contributed by atoms with van der Waals surface area (Å²) in [5.41, 5.74) is 3.46. The number of rotatable bonds is 6. The van der Waals surface area contributed by atoms with Gasteiger partial charge in [0, 0.05) is 37.2 Å². The van der Waals surface area contributed by atoms with Gasteiger partial charge >= 0.3 is 0 Å². The van der Waals surface area contributed by atoms with E-state index in [1.54, 1.807) is 31.7 Å². The number of carbonyl (C=O) groups is 2. The average Bonchev–Trinajstić information content (AvgIpc) is 3.16. The van der Waals surface area contributed by atoms with Gasteiger partial charge in [-0.15, -0.1) is 0 Å². The maximum Gasteiger partial charge on any atom is 0.254 e. The van der Waals surface area contributed by atoms with Crippen LogP contribution in [0.1, 0.15) is 21.5 Å². The van der Waals surface area contributed by atoms with E-state index in [1.165, 1.54) is 4.90 Å². The second-order valence-electron chi connectivity index (χ2n) is 6.51. The number of hydrogen-bond acceptors (Lipinski definition) is 3. The molecule has 27 heavy (non-hydrogen) atoms. The Labute approximate surface area is 158 Å². The van der Waals surface area contributed by atoms with Gasteiger partial charge in [-0.1, -0.05) is 29.8 Å². The van der Waals surface area contributed by atoms with Gasteiger partial charge in [0.25, 0.3) is 5.91 Å². The monoisotopic (exact) mass is 362 g/mol. The minimum atomic E-state index is -0.230. The number of benzene rings is 2. The topological polar surface area (TPSA) is 67.2 Å². The van der Waals surface area contributed by atoms with Crippen molar-refractivity contribution in [2.24, 2.45) is 0 Å². The Hall–Kier alpha value is -3.41. The van der Waals surface area contributed by atoms with Crippen molar-refractivity contribution in [2.75, 3.05) is 18.9 Å². The van der Waals surface area contributed by atoms with Crippen LogP contribution in [0.4, 0.5) is 5.69 Å². The SMILES string of the molecule is Cc1ccc(NC(=O)CN(C)C(=O)c2ccc(Cn3ccnc3)cc2)cc1. The Morgan fingerprint density at radius 2 is 1.78 bits per heavy atom. The zero-order valence-corrected chi connectivity index (χ0v) is 15.4. The molecule has 3 aromatic rings. The van der Waals surface area contributed by atoms with Gasteiger partial charge in [0.15, 0.2) is 0 Å². The van der Waals surface area contributed by atoms with Crippen molar-refractivity contribution in [3.63, 3.8) is 0 Å². The maximum atomic E-state index is 12.5. The number of nitrogens with zero attached hydrogens (tertiary/aromatic N) is 3. The Kier molecular flexibility index (Phi) is 5.66. The highest BCUT2D eigenvalue weighted by Gasteiger charge is 2.15. The summed E-state index contributed by atoms with van der Waals surface area (Å²) >= 11 is 0. The molecule has 2 aromatic carbocycles. The van der Waals surface area contributed by atoms with Crippen LogP contribution in [0, 0.1) is 6.92 Å². The first-order valence-electron chi connectivity index (χ1n) is 8.68. The highest BCUT2D eigenvalue weighted by molar-refractivity contribution is 5.99. The van der Waals surface area contributed by atoms with E-state index in [1.807, 2.05) is 54.1 Å². The smallest absolute Gasteiger partial charge is 0.254 e. The molecule has 0 atom stereocenters. The molecule has 3 rings (SSSR count). The Bertz CT molecular complexity index is 900. The van der Waals surface area contributed by atoms with E-state index in [0.717, 1.165) is 16.8 Å². The van der Waals surface area contributed by atoms with Gasteiger partial charge in [-0.2, -0.15) is 0 Å². The van der Waals surface area contributed by atoms with Crippen LogP contribution >= 0.6 is 0 Å². The van der Waals surface area contributed by atoms with Crippen LogP contribution in [0.3, 0.4) is 0 Å². The summed E-state index contributed by atoms with van der Waals surface area (Å²) in [6, 6.07) is 14.9. The van der Waals surface area contributed by atoms with Gasteiger partial charge in [-0.25, -0.2) is 4.98 Å². The number of nitrogens with one attached hydrogen (secondary N) is 1. The van der Waals surface area contributed by atoms with Gasteiger partial charge < -0.3 is 14.8 Å². The van der Waals surface area contributed by atoms with Crippen molar-refractivity contribution in [2.45, 2.75) is 13.5 Å². The number of amides is 2. The van der Waals surface area contributed by atoms with Crippen LogP contribution in [0.25, 0.3) is 0 Å². The molecule has 0 aliphatic carbocycles. The van der Waals surface area contributed by atoms with Crippen molar-refractivity contribution in [3.05, 3.63) is 83.9 Å². The van der Waals surface area contributed by atoms with Crippen molar-refractivity contribution in [3.8, 4) is 0 Å². The number of carbonyl (C=O) groups excluding carboxylic acids is 2. The summed E-state index contributed by atoms with van der Waals surface area (Å²) in [4.78, 5) is 30.1. The number of likely N-dealkylation sites (N-methyl/N-ethyl adjacent to an activating group) is 1. The Morgan fingerprint density at radius 3 is 2.41 bits per heavy atom. The predicted octanol–water partition coefficient (Wildman–Crippen LogP) is 2.95. The van der Waals surface area contributed by atoms with Gasteiger partial charge in [0.1, 0.15) is 0 Å². The second-order valence-corrected chi connectivity index (χ2v) is 6.51. The summed E-state index contributed by atoms with van der Waals surface area (Å²) in [5, 5.41) is 2.80. The number of aryl methyl sites for hydroxylation is 1. The number of anilines is 1. The molecule has 0 unspecified atom stereocenters. The van der Waals surface area contributed by atoms with Gasteiger partial charge in [0.05, 0.1) is 12.9 Å².